The van der Waals surface area contributed by atoms with Gasteiger partial charge in [0.1, 0.15) is 0 Å². The molecule has 3 aromatic carbocycles. The molecular formula is C23H17F3N2O5S. The quantitative estimate of drug-likeness (QED) is 0.362. The summed E-state index contributed by atoms with van der Waals surface area (Å²) in [5.41, 5.74) is 0.0474. The number of rotatable bonds is 8. The lowest BCUT2D eigenvalue weighted by Crippen LogP contribution is -2.22. The van der Waals surface area contributed by atoms with E-state index in [4.69, 9.17) is 4.74 Å². The molecule has 0 radical (unpaired) electrons. The van der Waals surface area contributed by atoms with Gasteiger partial charge in [-0.15, -0.1) is 0 Å². The van der Waals surface area contributed by atoms with E-state index in [0.717, 1.165) is 11.5 Å². The van der Waals surface area contributed by atoms with Crippen LogP contribution in [-0.4, -0.2) is 26.9 Å². The van der Waals surface area contributed by atoms with E-state index >= 15 is 0 Å². The SMILES string of the molecule is O=C(COC(=O)c1cccc(NS(=O)(=O)/C=C/c2ccccc2)c1)Nc1ccc(F)c(F)c1F. The highest BCUT2D eigenvalue weighted by Crippen LogP contribution is 2.19. The van der Waals surface area contributed by atoms with Crippen molar-refractivity contribution in [3.63, 3.8) is 0 Å². The zero-order valence-corrected chi connectivity index (χ0v) is 18.1. The second-order valence-corrected chi connectivity index (χ2v) is 8.35. The number of nitrogens with one attached hydrogen (secondary N) is 2. The molecule has 3 rings (SSSR count). The molecule has 0 aromatic heterocycles. The Hall–Kier alpha value is -4.12. The van der Waals surface area contributed by atoms with Crippen LogP contribution in [0.1, 0.15) is 15.9 Å². The first-order valence-corrected chi connectivity index (χ1v) is 11.2. The Morgan fingerprint density at radius 2 is 1.65 bits per heavy atom. The van der Waals surface area contributed by atoms with Gasteiger partial charge in [-0.2, -0.15) is 0 Å². The molecule has 0 fully saturated rings. The Morgan fingerprint density at radius 1 is 0.912 bits per heavy atom. The van der Waals surface area contributed by atoms with E-state index in [1.165, 1.54) is 30.3 Å². The van der Waals surface area contributed by atoms with Crippen LogP contribution in [0.15, 0.2) is 72.1 Å². The van der Waals surface area contributed by atoms with Crippen LogP contribution in [0, 0.1) is 17.5 Å². The van der Waals surface area contributed by atoms with Crippen LogP contribution >= 0.6 is 0 Å². The van der Waals surface area contributed by atoms with Crippen LogP contribution in [0.5, 0.6) is 0 Å². The molecule has 0 aliphatic carbocycles. The fraction of sp³-hybridized carbons (Fsp3) is 0.0435. The van der Waals surface area contributed by atoms with Crippen molar-refractivity contribution in [2.75, 3.05) is 16.6 Å². The van der Waals surface area contributed by atoms with E-state index in [0.29, 0.717) is 11.6 Å². The third-order valence-corrected chi connectivity index (χ3v) is 5.26. The lowest BCUT2D eigenvalue weighted by atomic mass is 10.2. The van der Waals surface area contributed by atoms with Gasteiger partial charge >= 0.3 is 5.97 Å². The van der Waals surface area contributed by atoms with E-state index in [1.807, 2.05) is 5.32 Å². The molecule has 0 spiro atoms. The van der Waals surface area contributed by atoms with Gasteiger partial charge in [0.25, 0.3) is 15.9 Å². The van der Waals surface area contributed by atoms with Gasteiger partial charge in [0.2, 0.25) is 0 Å². The van der Waals surface area contributed by atoms with Crippen molar-refractivity contribution in [2.24, 2.45) is 0 Å². The highest BCUT2D eigenvalue weighted by molar-refractivity contribution is 7.95. The Bertz CT molecular complexity index is 1350. The average Bonchev–Trinajstić information content (AvgIpc) is 2.82. The number of anilines is 2. The van der Waals surface area contributed by atoms with Crippen LogP contribution in [-0.2, 0) is 19.6 Å². The smallest absolute Gasteiger partial charge is 0.338 e. The fourth-order valence-corrected chi connectivity index (χ4v) is 3.52. The largest absolute Gasteiger partial charge is 0.452 e. The van der Waals surface area contributed by atoms with Gasteiger partial charge < -0.3 is 10.1 Å². The molecule has 0 bridgehead atoms. The lowest BCUT2D eigenvalue weighted by molar-refractivity contribution is -0.119. The van der Waals surface area contributed by atoms with Crippen LogP contribution in [0.25, 0.3) is 6.08 Å². The minimum atomic E-state index is -3.89. The molecule has 176 valence electrons. The number of sulfonamides is 1. The first-order valence-electron chi connectivity index (χ1n) is 9.61. The summed E-state index contributed by atoms with van der Waals surface area (Å²) in [7, 11) is -3.89. The van der Waals surface area contributed by atoms with Gasteiger partial charge in [0.15, 0.2) is 24.1 Å². The van der Waals surface area contributed by atoms with E-state index in [9.17, 15) is 31.2 Å². The maximum atomic E-state index is 13.6. The number of hydrogen-bond donors (Lipinski definition) is 2. The minimum absolute atomic E-state index is 0.0699. The zero-order chi connectivity index (χ0) is 24.7. The molecule has 0 aliphatic rings. The Balaban J connectivity index is 1.59. The summed E-state index contributed by atoms with van der Waals surface area (Å²) >= 11 is 0. The van der Waals surface area contributed by atoms with Crippen molar-refractivity contribution in [3.05, 3.63) is 101 Å². The highest BCUT2D eigenvalue weighted by atomic mass is 32.2. The Labute approximate surface area is 192 Å². The molecule has 34 heavy (non-hydrogen) atoms. The average molecular weight is 490 g/mol. The van der Waals surface area contributed by atoms with E-state index in [-0.39, 0.29) is 11.3 Å². The summed E-state index contributed by atoms with van der Waals surface area (Å²) in [5, 5.41) is 2.93. The molecule has 11 heteroatoms. The molecule has 0 unspecified atom stereocenters. The molecule has 7 nitrogen and oxygen atoms in total. The number of hydrogen-bond acceptors (Lipinski definition) is 5. The number of carbonyl (C=O) groups excluding carboxylic acids is 2. The predicted molar refractivity (Wildman–Crippen MR) is 120 cm³/mol. The monoisotopic (exact) mass is 490 g/mol. The Morgan fingerprint density at radius 3 is 2.38 bits per heavy atom. The van der Waals surface area contributed by atoms with Crippen LogP contribution in [0.3, 0.4) is 0 Å². The molecule has 0 saturated heterocycles. The number of esters is 1. The van der Waals surface area contributed by atoms with E-state index < -0.39 is 51.6 Å². The van der Waals surface area contributed by atoms with Crippen molar-refractivity contribution in [2.45, 2.75) is 0 Å². The molecule has 0 heterocycles. The third kappa shape index (κ3) is 6.69. The molecule has 0 aliphatic heterocycles. The van der Waals surface area contributed by atoms with Gasteiger partial charge in [0, 0.05) is 5.69 Å². The molecule has 0 atom stereocenters. The van der Waals surface area contributed by atoms with Crippen LogP contribution < -0.4 is 10.0 Å². The predicted octanol–water partition coefficient (Wildman–Crippen LogP) is 4.31. The highest BCUT2D eigenvalue weighted by Gasteiger charge is 2.17. The van der Waals surface area contributed by atoms with Crippen molar-refractivity contribution in [1.29, 1.82) is 0 Å². The zero-order valence-electron chi connectivity index (χ0n) is 17.3. The maximum absolute atomic E-state index is 13.6. The van der Waals surface area contributed by atoms with Gasteiger partial charge in [-0.05, 0) is 42.0 Å². The lowest BCUT2D eigenvalue weighted by Gasteiger charge is -2.09. The van der Waals surface area contributed by atoms with Gasteiger partial charge in [0.05, 0.1) is 16.7 Å². The molecule has 2 N–H and O–H groups in total. The first-order chi connectivity index (χ1) is 16.1. The van der Waals surface area contributed by atoms with E-state index in [1.54, 1.807) is 30.3 Å². The molecular weight excluding hydrogens is 473 g/mol. The van der Waals surface area contributed by atoms with Gasteiger partial charge in [-0.1, -0.05) is 36.4 Å². The van der Waals surface area contributed by atoms with Gasteiger partial charge in [-0.25, -0.2) is 26.4 Å². The van der Waals surface area contributed by atoms with Crippen LogP contribution in [0.4, 0.5) is 24.5 Å². The van der Waals surface area contributed by atoms with Crippen molar-refractivity contribution < 1.29 is 35.9 Å². The van der Waals surface area contributed by atoms with Gasteiger partial charge in [-0.3, -0.25) is 9.52 Å². The summed E-state index contributed by atoms with van der Waals surface area (Å²) in [6.45, 7) is -0.854. The first kappa shape index (κ1) is 24.5. The third-order valence-electron chi connectivity index (χ3n) is 4.24. The van der Waals surface area contributed by atoms with Crippen molar-refractivity contribution in [1.82, 2.24) is 0 Å². The summed E-state index contributed by atoms with van der Waals surface area (Å²) < 4.78 is 71.4. The summed E-state index contributed by atoms with van der Waals surface area (Å²) in [6.07, 6.45) is 1.40. The number of benzene rings is 3. The topological polar surface area (TPSA) is 102 Å². The van der Waals surface area contributed by atoms with Crippen molar-refractivity contribution in [3.8, 4) is 0 Å². The number of amides is 1. The number of carbonyl (C=O) groups is 2. The molecule has 0 saturated carbocycles. The second kappa shape index (κ2) is 10.7. The Kier molecular flexibility index (Phi) is 7.69. The minimum Gasteiger partial charge on any atom is -0.452 e. The summed E-state index contributed by atoms with van der Waals surface area (Å²) in [6, 6.07) is 15.5. The fourth-order valence-electron chi connectivity index (χ4n) is 2.66. The summed E-state index contributed by atoms with van der Waals surface area (Å²) in [4.78, 5) is 24.1. The maximum Gasteiger partial charge on any atom is 0.338 e. The number of halogens is 3. The normalized spacial score (nSPS) is 11.3. The second-order valence-electron chi connectivity index (χ2n) is 6.79. The van der Waals surface area contributed by atoms with E-state index in [2.05, 4.69) is 4.72 Å². The molecule has 3 aromatic rings. The number of ether oxygens (including phenoxy) is 1. The standard InChI is InChI=1S/C23H17F3N2O5S/c24-18-9-10-19(22(26)21(18)25)27-20(29)14-33-23(30)16-7-4-8-17(13-16)28-34(31,32)12-11-15-5-2-1-3-6-15/h1-13,28H,14H2,(H,27,29)/b12-11+. The van der Waals surface area contributed by atoms with Crippen LogP contribution in [0.2, 0.25) is 0 Å². The summed E-state index contributed by atoms with van der Waals surface area (Å²) in [5.74, 6) is -6.75. The molecule has 1 amide bonds. The van der Waals surface area contributed by atoms with Crippen molar-refractivity contribution >= 4 is 39.4 Å².